The third kappa shape index (κ3) is 5.66. The molecule has 9 heteroatoms. The van der Waals surface area contributed by atoms with E-state index in [-0.39, 0.29) is 18.0 Å². The minimum absolute atomic E-state index is 0.0975. The summed E-state index contributed by atoms with van der Waals surface area (Å²) in [6.45, 7) is 2.50. The zero-order valence-electron chi connectivity index (χ0n) is 19.5. The van der Waals surface area contributed by atoms with E-state index in [0.717, 1.165) is 12.0 Å². The number of nitrogens with one attached hydrogen (secondary N) is 2. The van der Waals surface area contributed by atoms with Crippen LogP contribution in [0.3, 0.4) is 0 Å². The highest BCUT2D eigenvalue weighted by atomic mass is 35.5. The third-order valence-corrected chi connectivity index (χ3v) is 5.97. The Bertz CT molecular complexity index is 1290. The number of carbonyl (C=O) groups excluding carboxylic acids is 3. The molecule has 0 saturated carbocycles. The Hall–Kier alpha value is -3.91. The fraction of sp³-hybridized carbons (Fsp3) is 0.222. The monoisotopic (exact) mass is 509 g/mol. The van der Waals surface area contributed by atoms with Gasteiger partial charge in [0.2, 0.25) is 5.91 Å². The number of nitrogens with zero attached hydrogens (tertiary/aromatic N) is 1. The van der Waals surface area contributed by atoms with Crippen molar-refractivity contribution in [3.05, 3.63) is 100 Å². The van der Waals surface area contributed by atoms with Crippen molar-refractivity contribution in [3.8, 4) is 0 Å². The number of carbonyl (C=O) groups is 3. The number of rotatable bonds is 8. The van der Waals surface area contributed by atoms with Crippen molar-refractivity contribution in [3.63, 3.8) is 0 Å². The molecule has 3 aromatic rings. The van der Waals surface area contributed by atoms with Crippen LogP contribution in [0.5, 0.6) is 0 Å². The zero-order valence-corrected chi connectivity index (χ0v) is 20.3. The molecule has 1 aliphatic heterocycles. The predicted molar refractivity (Wildman–Crippen MR) is 134 cm³/mol. The largest absolute Gasteiger partial charge is 0.438 e. The Labute approximate surface area is 213 Å². The standard InChI is InChI=1S/C27H25ClFN3O4/c1-2-13-30-26(34)23-24(36-27(35)32(23)16-17-7-5-9-19(28)14-17)18-8-6-10-20(15-18)31-25(33)21-11-3-4-12-22(21)29/h3-12,14-15,23-24H,2,13,16H2,1H3,(H,30,34)(H,31,33)/t23-,24+/m1/s1. The lowest BCUT2D eigenvalue weighted by atomic mass is 10.00. The first-order valence-corrected chi connectivity index (χ1v) is 11.9. The molecule has 1 fully saturated rings. The summed E-state index contributed by atoms with van der Waals surface area (Å²) >= 11 is 6.10. The van der Waals surface area contributed by atoms with Crippen LogP contribution in [0.15, 0.2) is 72.8 Å². The normalized spacial score (nSPS) is 17.0. The molecule has 2 atom stereocenters. The van der Waals surface area contributed by atoms with E-state index in [9.17, 15) is 18.8 Å². The molecular weight excluding hydrogens is 485 g/mol. The molecule has 4 rings (SSSR count). The van der Waals surface area contributed by atoms with Crippen molar-refractivity contribution >= 4 is 35.2 Å². The molecule has 0 bridgehead atoms. The zero-order chi connectivity index (χ0) is 25.7. The average molecular weight is 510 g/mol. The van der Waals surface area contributed by atoms with Crippen molar-refractivity contribution in [2.24, 2.45) is 0 Å². The Morgan fingerprint density at radius 2 is 1.83 bits per heavy atom. The predicted octanol–water partition coefficient (Wildman–Crippen LogP) is 5.32. The number of hydrogen-bond donors (Lipinski definition) is 2. The van der Waals surface area contributed by atoms with Crippen molar-refractivity contribution < 1.29 is 23.5 Å². The van der Waals surface area contributed by atoms with E-state index in [1.807, 2.05) is 13.0 Å². The first kappa shape index (κ1) is 25.2. The van der Waals surface area contributed by atoms with Gasteiger partial charge in [-0.15, -0.1) is 0 Å². The van der Waals surface area contributed by atoms with Crippen molar-refractivity contribution in [1.82, 2.24) is 10.2 Å². The summed E-state index contributed by atoms with van der Waals surface area (Å²) in [6.07, 6.45) is -0.833. The fourth-order valence-electron chi connectivity index (χ4n) is 4.03. The molecule has 1 aliphatic rings. The summed E-state index contributed by atoms with van der Waals surface area (Å²) < 4.78 is 19.7. The maximum atomic E-state index is 14.0. The summed E-state index contributed by atoms with van der Waals surface area (Å²) in [5, 5.41) is 6.02. The molecule has 3 amide bonds. The van der Waals surface area contributed by atoms with Gasteiger partial charge in [0.05, 0.1) is 12.1 Å². The summed E-state index contributed by atoms with van der Waals surface area (Å²) in [4.78, 5) is 40.0. The van der Waals surface area contributed by atoms with Crippen LogP contribution in [0.4, 0.5) is 14.9 Å². The van der Waals surface area contributed by atoms with Gasteiger partial charge in [-0.2, -0.15) is 0 Å². The third-order valence-electron chi connectivity index (χ3n) is 5.74. The molecule has 36 heavy (non-hydrogen) atoms. The van der Waals surface area contributed by atoms with Crippen LogP contribution < -0.4 is 10.6 Å². The second kappa shape index (κ2) is 11.2. The highest BCUT2D eigenvalue weighted by Gasteiger charge is 2.47. The Balaban J connectivity index is 1.61. The van der Waals surface area contributed by atoms with E-state index in [1.54, 1.807) is 48.5 Å². The maximum absolute atomic E-state index is 14.0. The summed E-state index contributed by atoms with van der Waals surface area (Å²) in [7, 11) is 0. The van der Waals surface area contributed by atoms with E-state index in [4.69, 9.17) is 16.3 Å². The van der Waals surface area contributed by atoms with Crippen LogP contribution in [0.2, 0.25) is 5.02 Å². The van der Waals surface area contributed by atoms with E-state index < -0.39 is 30.0 Å². The summed E-state index contributed by atoms with van der Waals surface area (Å²) in [5.74, 6) is -1.61. The SMILES string of the molecule is CCCNC(=O)[C@H]1[C@H](c2cccc(NC(=O)c3ccccc3F)c2)OC(=O)N1Cc1cccc(Cl)c1. The van der Waals surface area contributed by atoms with Gasteiger partial charge in [-0.3, -0.25) is 14.5 Å². The molecule has 0 spiro atoms. The Morgan fingerprint density at radius 3 is 2.58 bits per heavy atom. The van der Waals surface area contributed by atoms with Gasteiger partial charge in [0.1, 0.15) is 5.82 Å². The minimum Gasteiger partial charge on any atom is -0.438 e. The second-order valence-electron chi connectivity index (χ2n) is 8.36. The van der Waals surface area contributed by atoms with Crippen LogP contribution in [0.25, 0.3) is 0 Å². The molecule has 1 heterocycles. The molecular formula is C27H25ClFN3O4. The number of halogens is 2. The van der Waals surface area contributed by atoms with Crippen LogP contribution in [0, 0.1) is 5.82 Å². The smallest absolute Gasteiger partial charge is 0.411 e. The van der Waals surface area contributed by atoms with E-state index >= 15 is 0 Å². The lowest BCUT2D eigenvalue weighted by Gasteiger charge is -2.24. The van der Waals surface area contributed by atoms with Crippen LogP contribution in [-0.2, 0) is 16.1 Å². The average Bonchev–Trinajstić information content (AvgIpc) is 3.19. The Morgan fingerprint density at radius 1 is 1.06 bits per heavy atom. The fourth-order valence-corrected chi connectivity index (χ4v) is 4.24. The quantitative estimate of drug-likeness (QED) is 0.430. The maximum Gasteiger partial charge on any atom is 0.411 e. The topological polar surface area (TPSA) is 87.7 Å². The number of cyclic esters (lactones) is 1. The Kier molecular flexibility index (Phi) is 7.85. The number of hydrogen-bond acceptors (Lipinski definition) is 4. The lowest BCUT2D eigenvalue weighted by Crippen LogP contribution is -2.46. The molecule has 0 aliphatic carbocycles. The van der Waals surface area contributed by atoms with E-state index in [0.29, 0.717) is 22.8 Å². The highest BCUT2D eigenvalue weighted by Crippen LogP contribution is 2.35. The summed E-state index contributed by atoms with van der Waals surface area (Å²) in [5.41, 5.74) is 1.54. The van der Waals surface area contributed by atoms with Gasteiger partial charge in [0, 0.05) is 17.3 Å². The summed E-state index contributed by atoms with van der Waals surface area (Å²) in [6, 6.07) is 18.4. The van der Waals surface area contributed by atoms with Crippen LogP contribution in [-0.4, -0.2) is 35.4 Å². The molecule has 1 saturated heterocycles. The van der Waals surface area contributed by atoms with Gasteiger partial charge in [-0.05, 0) is 53.9 Å². The van der Waals surface area contributed by atoms with Gasteiger partial charge >= 0.3 is 6.09 Å². The second-order valence-corrected chi connectivity index (χ2v) is 8.79. The van der Waals surface area contributed by atoms with Gasteiger partial charge in [-0.25, -0.2) is 9.18 Å². The molecule has 0 unspecified atom stereocenters. The molecule has 7 nitrogen and oxygen atoms in total. The molecule has 3 aromatic carbocycles. The molecule has 0 radical (unpaired) electrons. The van der Waals surface area contributed by atoms with Crippen molar-refractivity contribution in [1.29, 1.82) is 0 Å². The van der Waals surface area contributed by atoms with Gasteiger partial charge in [0.25, 0.3) is 5.91 Å². The van der Waals surface area contributed by atoms with Crippen molar-refractivity contribution in [2.45, 2.75) is 32.0 Å². The molecule has 186 valence electrons. The van der Waals surface area contributed by atoms with Crippen molar-refractivity contribution in [2.75, 3.05) is 11.9 Å². The lowest BCUT2D eigenvalue weighted by molar-refractivity contribution is -0.126. The highest BCUT2D eigenvalue weighted by molar-refractivity contribution is 6.30. The number of amides is 3. The van der Waals surface area contributed by atoms with Crippen LogP contribution in [0.1, 0.15) is 40.9 Å². The number of benzene rings is 3. The molecule has 0 aromatic heterocycles. The van der Waals surface area contributed by atoms with E-state index in [2.05, 4.69) is 10.6 Å². The van der Waals surface area contributed by atoms with Gasteiger partial charge in [-0.1, -0.05) is 54.9 Å². The van der Waals surface area contributed by atoms with Gasteiger partial charge < -0.3 is 15.4 Å². The van der Waals surface area contributed by atoms with E-state index in [1.165, 1.54) is 23.1 Å². The number of ether oxygens (including phenoxy) is 1. The molecule has 2 N–H and O–H groups in total. The first-order valence-electron chi connectivity index (χ1n) is 11.5. The van der Waals surface area contributed by atoms with Gasteiger partial charge in [0.15, 0.2) is 12.1 Å². The minimum atomic E-state index is -0.944. The first-order chi connectivity index (χ1) is 17.4. The number of anilines is 1. The van der Waals surface area contributed by atoms with Crippen LogP contribution >= 0.6 is 11.6 Å².